The van der Waals surface area contributed by atoms with E-state index in [-0.39, 0.29) is 5.41 Å². The number of benzene rings is 2. The topological polar surface area (TPSA) is 83.1 Å². The number of fused-ring (bicyclic) bond motifs is 1. The van der Waals surface area contributed by atoms with E-state index in [1.165, 1.54) is 5.56 Å². The molecule has 1 saturated carbocycles. The fourth-order valence-corrected chi connectivity index (χ4v) is 5.90. The molecule has 1 aliphatic carbocycles. The van der Waals surface area contributed by atoms with Crippen LogP contribution in [0.25, 0.3) is 0 Å². The van der Waals surface area contributed by atoms with Crippen LogP contribution in [-0.2, 0) is 10.2 Å². The first-order chi connectivity index (χ1) is 18.3. The summed E-state index contributed by atoms with van der Waals surface area (Å²) >= 11 is 17.7. The molecule has 2 aromatic carbocycles. The van der Waals surface area contributed by atoms with Crippen LogP contribution in [0.2, 0.25) is 10.0 Å². The molecule has 0 spiro atoms. The van der Waals surface area contributed by atoms with Gasteiger partial charge < -0.3 is 30.1 Å². The molecule has 214 valence electrons. The number of anilines is 1. The highest BCUT2D eigenvalue weighted by molar-refractivity contribution is 7.80. The Balaban J connectivity index is 0.000000532. The molecule has 2 aliphatic rings. The van der Waals surface area contributed by atoms with Crippen molar-refractivity contribution in [3.05, 3.63) is 52.0 Å². The molecule has 4 rings (SSSR count). The molecule has 3 atom stereocenters. The number of carboxylic acid groups (broad SMARTS) is 1. The minimum atomic E-state index is -5.08. The zero-order valence-corrected chi connectivity index (χ0v) is 23.9. The zero-order valence-electron chi connectivity index (χ0n) is 21.6. The number of carboxylic acids is 1. The van der Waals surface area contributed by atoms with E-state index in [9.17, 15) is 13.2 Å². The molecular formula is C26H30Cl2F3N3O4S. The van der Waals surface area contributed by atoms with Gasteiger partial charge >= 0.3 is 12.1 Å². The summed E-state index contributed by atoms with van der Waals surface area (Å²) < 4.78 is 42.8. The van der Waals surface area contributed by atoms with Gasteiger partial charge in [0.25, 0.3) is 0 Å². The van der Waals surface area contributed by atoms with Crippen molar-refractivity contribution in [2.45, 2.75) is 49.4 Å². The van der Waals surface area contributed by atoms with E-state index in [0.717, 1.165) is 49.4 Å². The molecule has 1 saturated heterocycles. The SMILES string of the molecule is COc1ccc([C@@]23CC[C@@H](NC(=S)Nc4ccc(Cl)c(Cl)c4)C[C@@H]2N(C)CC3)cc1OC.O=C(O)C(F)(F)F. The van der Waals surface area contributed by atoms with Crippen molar-refractivity contribution >= 4 is 52.2 Å². The molecule has 0 amide bonds. The van der Waals surface area contributed by atoms with E-state index in [1.807, 2.05) is 12.1 Å². The molecule has 0 aromatic heterocycles. The van der Waals surface area contributed by atoms with Crippen LogP contribution < -0.4 is 20.1 Å². The molecule has 1 heterocycles. The summed E-state index contributed by atoms with van der Waals surface area (Å²) in [6, 6.07) is 12.5. The van der Waals surface area contributed by atoms with Crippen LogP contribution in [0.5, 0.6) is 11.5 Å². The molecule has 1 aliphatic heterocycles. The Morgan fingerprint density at radius 2 is 1.77 bits per heavy atom. The number of rotatable bonds is 5. The number of hydrogen-bond acceptors (Lipinski definition) is 5. The maximum Gasteiger partial charge on any atom is 0.490 e. The second kappa shape index (κ2) is 12.8. The predicted molar refractivity (Wildman–Crippen MR) is 149 cm³/mol. The number of likely N-dealkylation sites (N-methyl/N-ethyl adjacent to an activating group) is 1. The minimum Gasteiger partial charge on any atom is -0.493 e. The van der Waals surface area contributed by atoms with Gasteiger partial charge in [0, 0.05) is 23.2 Å². The fraction of sp³-hybridized carbons (Fsp3) is 0.462. The minimum absolute atomic E-state index is 0.116. The summed E-state index contributed by atoms with van der Waals surface area (Å²) in [7, 11) is 5.59. The number of ether oxygens (including phenoxy) is 2. The van der Waals surface area contributed by atoms with Gasteiger partial charge in [-0.3, -0.25) is 0 Å². The lowest BCUT2D eigenvalue weighted by molar-refractivity contribution is -0.192. The molecular weight excluding hydrogens is 578 g/mol. The van der Waals surface area contributed by atoms with E-state index in [0.29, 0.717) is 27.2 Å². The molecule has 0 unspecified atom stereocenters. The second-order valence-corrected chi connectivity index (χ2v) is 10.7. The van der Waals surface area contributed by atoms with E-state index in [2.05, 4.69) is 34.7 Å². The van der Waals surface area contributed by atoms with Crippen molar-refractivity contribution in [2.75, 3.05) is 33.1 Å². The Morgan fingerprint density at radius 1 is 1.10 bits per heavy atom. The predicted octanol–water partition coefficient (Wildman–Crippen LogP) is 6.12. The average molecular weight is 609 g/mol. The summed E-state index contributed by atoms with van der Waals surface area (Å²) in [6.07, 6.45) is -0.789. The number of hydrogen-bond donors (Lipinski definition) is 3. The largest absolute Gasteiger partial charge is 0.493 e. The molecule has 7 nitrogen and oxygen atoms in total. The smallest absolute Gasteiger partial charge is 0.490 e. The molecule has 39 heavy (non-hydrogen) atoms. The summed E-state index contributed by atoms with van der Waals surface area (Å²) in [6.45, 7) is 1.08. The Morgan fingerprint density at radius 3 is 2.36 bits per heavy atom. The Bertz CT molecular complexity index is 1200. The van der Waals surface area contributed by atoms with Gasteiger partial charge in [-0.25, -0.2) is 4.79 Å². The average Bonchev–Trinajstić information content (AvgIpc) is 3.22. The Kier molecular flexibility index (Phi) is 10.2. The number of methoxy groups -OCH3 is 2. The lowest BCUT2D eigenvalue weighted by Gasteiger charge is -2.45. The molecule has 0 bridgehead atoms. The number of carbonyl (C=O) groups is 1. The zero-order chi connectivity index (χ0) is 29.0. The third kappa shape index (κ3) is 7.39. The van der Waals surface area contributed by atoms with E-state index in [1.54, 1.807) is 26.4 Å². The van der Waals surface area contributed by atoms with Crippen molar-refractivity contribution in [3.63, 3.8) is 0 Å². The van der Waals surface area contributed by atoms with Crippen LogP contribution >= 0.6 is 35.4 Å². The highest BCUT2D eigenvalue weighted by Crippen LogP contribution is 2.49. The number of thiocarbonyl (C=S) groups is 1. The summed E-state index contributed by atoms with van der Waals surface area (Å²) in [5.74, 6) is -1.20. The van der Waals surface area contributed by atoms with Crippen LogP contribution in [0.4, 0.5) is 18.9 Å². The van der Waals surface area contributed by atoms with Gasteiger partial charge in [0.05, 0.1) is 24.3 Å². The maximum absolute atomic E-state index is 10.6. The Labute approximate surface area is 240 Å². The molecule has 13 heteroatoms. The van der Waals surface area contributed by atoms with Crippen molar-refractivity contribution in [1.29, 1.82) is 0 Å². The van der Waals surface area contributed by atoms with E-state index < -0.39 is 12.1 Å². The van der Waals surface area contributed by atoms with Gasteiger partial charge in [0.1, 0.15) is 0 Å². The maximum atomic E-state index is 10.6. The summed E-state index contributed by atoms with van der Waals surface area (Å²) in [4.78, 5) is 11.4. The molecule has 2 aromatic rings. The van der Waals surface area contributed by atoms with Gasteiger partial charge in [-0.15, -0.1) is 0 Å². The number of nitrogens with zero attached hydrogens (tertiary/aromatic N) is 1. The van der Waals surface area contributed by atoms with Crippen LogP contribution in [0.1, 0.15) is 31.2 Å². The first kappa shape index (κ1) is 31.1. The highest BCUT2D eigenvalue weighted by Gasteiger charge is 2.50. The van der Waals surface area contributed by atoms with Gasteiger partial charge in [0.2, 0.25) is 0 Å². The highest BCUT2D eigenvalue weighted by atomic mass is 35.5. The van der Waals surface area contributed by atoms with Gasteiger partial charge in [0.15, 0.2) is 16.6 Å². The van der Waals surface area contributed by atoms with Crippen molar-refractivity contribution in [1.82, 2.24) is 10.2 Å². The standard InChI is InChI=1S/C24H29Cl2N3O2S.C2HF3O2/c1-29-11-10-24(15-4-7-20(30-2)21(12-15)31-3)9-8-17(14-22(24)29)28-23(32)27-16-5-6-18(25)19(26)13-16;3-2(4,5)1(6)7/h4-7,12-13,17,22H,8-11,14H2,1-3H3,(H2,27,28,32);(H,6,7)/t17-,22+,24+;/m1./s1. The van der Waals surface area contributed by atoms with Crippen LogP contribution in [0, 0.1) is 0 Å². The lowest BCUT2D eigenvalue weighted by Crippen LogP contribution is -2.52. The quantitative estimate of drug-likeness (QED) is 0.350. The monoisotopic (exact) mass is 607 g/mol. The van der Waals surface area contributed by atoms with Crippen molar-refractivity contribution in [3.8, 4) is 11.5 Å². The van der Waals surface area contributed by atoms with Gasteiger partial charge in [-0.05, 0) is 87.4 Å². The van der Waals surface area contributed by atoms with Gasteiger partial charge in [-0.2, -0.15) is 13.2 Å². The number of aliphatic carboxylic acids is 1. The molecule has 3 N–H and O–H groups in total. The number of likely N-dealkylation sites (tertiary alicyclic amines) is 1. The molecule has 2 fully saturated rings. The lowest BCUT2D eigenvalue weighted by atomic mass is 9.65. The van der Waals surface area contributed by atoms with Crippen LogP contribution in [-0.4, -0.2) is 67.2 Å². The second-order valence-electron chi connectivity index (χ2n) is 9.47. The number of halogens is 5. The fourth-order valence-electron chi connectivity index (χ4n) is 5.32. The van der Waals surface area contributed by atoms with Crippen LogP contribution in [0.3, 0.4) is 0 Å². The third-order valence-electron chi connectivity index (χ3n) is 7.24. The number of nitrogens with one attached hydrogen (secondary N) is 2. The third-order valence-corrected chi connectivity index (χ3v) is 8.20. The van der Waals surface area contributed by atoms with Gasteiger partial charge in [-0.1, -0.05) is 29.3 Å². The van der Waals surface area contributed by atoms with Crippen LogP contribution in [0.15, 0.2) is 36.4 Å². The van der Waals surface area contributed by atoms with E-state index in [4.69, 9.17) is 54.8 Å². The molecule has 0 radical (unpaired) electrons. The normalized spacial score (nSPS) is 22.7. The van der Waals surface area contributed by atoms with E-state index >= 15 is 0 Å². The Hall–Kier alpha value is -2.47. The summed E-state index contributed by atoms with van der Waals surface area (Å²) in [5.41, 5.74) is 2.27. The summed E-state index contributed by atoms with van der Waals surface area (Å²) in [5, 5.41) is 15.5. The van der Waals surface area contributed by atoms with Crippen molar-refractivity contribution < 1.29 is 32.5 Å². The number of alkyl halides is 3. The first-order valence-electron chi connectivity index (χ1n) is 12.1. The first-order valence-corrected chi connectivity index (χ1v) is 13.2. The van der Waals surface area contributed by atoms with Crippen molar-refractivity contribution in [2.24, 2.45) is 0 Å².